The molecule has 0 aliphatic carbocycles. The molecular weight excluding hydrogens is 304 g/mol. The lowest BCUT2D eigenvalue weighted by Crippen LogP contribution is -2.25. The first-order valence-corrected chi connectivity index (χ1v) is 8.10. The van der Waals surface area contributed by atoms with Crippen LogP contribution in [0.1, 0.15) is 27.7 Å². The molecule has 0 aliphatic heterocycles. The predicted octanol–water partition coefficient (Wildman–Crippen LogP) is 3.24. The van der Waals surface area contributed by atoms with Crippen molar-refractivity contribution in [1.29, 1.82) is 0 Å². The zero-order valence-electron chi connectivity index (χ0n) is 14.5. The highest BCUT2D eigenvalue weighted by Gasteiger charge is 2.08. The second-order valence-corrected chi connectivity index (χ2v) is 6.47. The molecule has 0 saturated carbocycles. The normalized spacial score (nSPS) is 10.9. The van der Waals surface area contributed by atoms with E-state index < -0.39 is 0 Å². The molecule has 0 saturated heterocycles. The average molecular weight is 328 g/mol. The lowest BCUT2D eigenvalue weighted by Gasteiger charge is -2.11. The number of benzene rings is 1. The third-order valence-electron chi connectivity index (χ3n) is 3.42. The number of anilines is 3. The molecular formula is C18H24N4O2. The van der Waals surface area contributed by atoms with Gasteiger partial charge < -0.3 is 15.2 Å². The smallest absolute Gasteiger partial charge is 0.293 e. The van der Waals surface area contributed by atoms with Crippen LogP contribution in [0.4, 0.5) is 17.2 Å². The van der Waals surface area contributed by atoms with Crippen molar-refractivity contribution in [2.24, 2.45) is 11.8 Å². The van der Waals surface area contributed by atoms with Gasteiger partial charge in [0.25, 0.3) is 5.56 Å². The Kier molecular flexibility index (Phi) is 5.73. The van der Waals surface area contributed by atoms with Crippen LogP contribution in [0, 0.1) is 11.8 Å². The number of nitrogens with one attached hydrogen (secondary N) is 2. The highest BCUT2D eigenvalue weighted by Crippen LogP contribution is 2.16. The fraction of sp³-hybridized carbons (Fsp3) is 0.389. The van der Waals surface area contributed by atoms with Crippen molar-refractivity contribution in [3.05, 3.63) is 47.0 Å². The van der Waals surface area contributed by atoms with E-state index in [4.69, 9.17) is 0 Å². The van der Waals surface area contributed by atoms with Gasteiger partial charge in [0, 0.05) is 36.2 Å². The van der Waals surface area contributed by atoms with Crippen molar-refractivity contribution in [3.8, 4) is 0 Å². The number of amides is 1. The fourth-order valence-corrected chi connectivity index (χ4v) is 2.13. The first-order chi connectivity index (χ1) is 11.4. The van der Waals surface area contributed by atoms with Crippen LogP contribution in [-0.4, -0.2) is 15.5 Å². The Morgan fingerprint density at radius 2 is 1.75 bits per heavy atom. The minimum absolute atomic E-state index is 0.0305. The number of carbonyl (C=O) groups is 1. The van der Waals surface area contributed by atoms with Crippen LogP contribution in [0.15, 0.2) is 41.5 Å². The zero-order chi connectivity index (χ0) is 17.7. The summed E-state index contributed by atoms with van der Waals surface area (Å²) in [5.74, 6) is 0.562. The summed E-state index contributed by atoms with van der Waals surface area (Å²) in [5.41, 5.74) is 1.31. The van der Waals surface area contributed by atoms with E-state index in [1.54, 1.807) is 41.2 Å². The van der Waals surface area contributed by atoms with Gasteiger partial charge in [-0.2, -0.15) is 0 Å². The summed E-state index contributed by atoms with van der Waals surface area (Å²) in [6, 6.07) is 7.18. The standard InChI is InChI=1S/C18H24N4O2/c1-12(2)11-22-10-9-19-16(18(22)24)20-14-5-7-15(8-6-14)21-17(23)13(3)4/h5-10,12-13H,11H2,1-4H3,(H,19,20)(H,21,23). The maximum atomic E-state index is 12.4. The van der Waals surface area contributed by atoms with Gasteiger partial charge in [-0.25, -0.2) is 4.98 Å². The van der Waals surface area contributed by atoms with E-state index >= 15 is 0 Å². The molecule has 6 nitrogen and oxygen atoms in total. The molecule has 0 aliphatic rings. The third kappa shape index (κ3) is 4.68. The molecule has 0 spiro atoms. The third-order valence-corrected chi connectivity index (χ3v) is 3.42. The number of carbonyl (C=O) groups excluding carboxylic acids is 1. The van der Waals surface area contributed by atoms with Gasteiger partial charge in [0.1, 0.15) is 0 Å². The van der Waals surface area contributed by atoms with Gasteiger partial charge in [0.05, 0.1) is 0 Å². The molecule has 1 heterocycles. The van der Waals surface area contributed by atoms with Crippen LogP contribution in [-0.2, 0) is 11.3 Å². The van der Waals surface area contributed by atoms with E-state index in [-0.39, 0.29) is 23.2 Å². The largest absolute Gasteiger partial charge is 0.336 e. The van der Waals surface area contributed by atoms with E-state index in [1.807, 2.05) is 13.8 Å². The molecule has 24 heavy (non-hydrogen) atoms. The topological polar surface area (TPSA) is 76.0 Å². The first-order valence-electron chi connectivity index (χ1n) is 8.10. The van der Waals surface area contributed by atoms with E-state index in [0.29, 0.717) is 12.5 Å². The summed E-state index contributed by atoms with van der Waals surface area (Å²) < 4.78 is 1.65. The summed E-state index contributed by atoms with van der Waals surface area (Å²) in [7, 11) is 0. The summed E-state index contributed by atoms with van der Waals surface area (Å²) in [6.07, 6.45) is 3.31. The number of aromatic nitrogens is 2. The van der Waals surface area contributed by atoms with Gasteiger partial charge in [-0.1, -0.05) is 27.7 Å². The molecule has 1 aromatic carbocycles. The second kappa shape index (κ2) is 7.77. The maximum Gasteiger partial charge on any atom is 0.293 e. The molecule has 128 valence electrons. The van der Waals surface area contributed by atoms with E-state index in [1.165, 1.54) is 0 Å². The molecule has 1 aromatic heterocycles. The highest BCUT2D eigenvalue weighted by molar-refractivity contribution is 5.92. The Balaban J connectivity index is 2.12. The Labute approximate surface area is 141 Å². The fourth-order valence-electron chi connectivity index (χ4n) is 2.13. The minimum atomic E-state index is -0.150. The monoisotopic (exact) mass is 328 g/mol. The average Bonchev–Trinajstić information content (AvgIpc) is 2.52. The van der Waals surface area contributed by atoms with Crippen LogP contribution >= 0.6 is 0 Å². The van der Waals surface area contributed by atoms with Crippen molar-refractivity contribution < 1.29 is 4.79 Å². The van der Waals surface area contributed by atoms with Crippen molar-refractivity contribution in [2.75, 3.05) is 10.6 Å². The molecule has 1 amide bonds. The molecule has 2 aromatic rings. The van der Waals surface area contributed by atoms with Crippen molar-refractivity contribution in [3.63, 3.8) is 0 Å². The Bertz CT molecular complexity index is 748. The zero-order valence-corrected chi connectivity index (χ0v) is 14.5. The minimum Gasteiger partial charge on any atom is -0.336 e. The van der Waals surface area contributed by atoms with Crippen molar-refractivity contribution >= 4 is 23.1 Å². The van der Waals surface area contributed by atoms with Crippen LogP contribution in [0.3, 0.4) is 0 Å². The van der Waals surface area contributed by atoms with Gasteiger partial charge in [0.15, 0.2) is 5.82 Å². The van der Waals surface area contributed by atoms with E-state index in [9.17, 15) is 9.59 Å². The molecule has 6 heteroatoms. The highest BCUT2D eigenvalue weighted by atomic mass is 16.2. The summed E-state index contributed by atoms with van der Waals surface area (Å²) in [4.78, 5) is 28.2. The van der Waals surface area contributed by atoms with E-state index in [0.717, 1.165) is 11.4 Å². The van der Waals surface area contributed by atoms with Crippen LogP contribution in [0.5, 0.6) is 0 Å². The molecule has 2 N–H and O–H groups in total. The lowest BCUT2D eigenvalue weighted by molar-refractivity contribution is -0.118. The Morgan fingerprint density at radius 1 is 1.12 bits per heavy atom. The summed E-state index contributed by atoms with van der Waals surface area (Å²) >= 11 is 0. The molecule has 0 unspecified atom stereocenters. The van der Waals surface area contributed by atoms with Crippen LogP contribution in [0.25, 0.3) is 0 Å². The van der Waals surface area contributed by atoms with Crippen molar-refractivity contribution in [1.82, 2.24) is 9.55 Å². The molecule has 0 bridgehead atoms. The molecule has 0 atom stereocenters. The number of rotatable bonds is 6. The Morgan fingerprint density at radius 3 is 2.33 bits per heavy atom. The molecule has 0 radical (unpaired) electrons. The number of nitrogens with zero attached hydrogens (tertiary/aromatic N) is 2. The van der Waals surface area contributed by atoms with Gasteiger partial charge in [-0.05, 0) is 30.2 Å². The van der Waals surface area contributed by atoms with Gasteiger partial charge in [0.2, 0.25) is 5.91 Å². The number of hydrogen-bond donors (Lipinski definition) is 2. The van der Waals surface area contributed by atoms with Crippen molar-refractivity contribution in [2.45, 2.75) is 34.2 Å². The second-order valence-electron chi connectivity index (χ2n) is 6.47. The molecule has 2 rings (SSSR count). The van der Waals surface area contributed by atoms with Gasteiger partial charge in [-0.3, -0.25) is 9.59 Å². The maximum absolute atomic E-state index is 12.4. The van der Waals surface area contributed by atoms with Crippen LogP contribution in [0.2, 0.25) is 0 Å². The van der Waals surface area contributed by atoms with Gasteiger partial charge >= 0.3 is 0 Å². The molecule has 0 fully saturated rings. The van der Waals surface area contributed by atoms with Crippen LogP contribution < -0.4 is 16.2 Å². The van der Waals surface area contributed by atoms with Gasteiger partial charge in [-0.15, -0.1) is 0 Å². The number of hydrogen-bond acceptors (Lipinski definition) is 4. The summed E-state index contributed by atoms with van der Waals surface area (Å²) in [6.45, 7) is 8.45. The summed E-state index contributed by atoms with van der Waals surface area (Å²) in [5, 5.41) is 5.86. The quantitative estimate of drug-likeness (QED) is 0.853. The predicted molar refractivity (Wildman–Crippen MR) is 96.5 cm³/mol. The van der Waals surface area contributed by atoms with E-state index in [2.05, 4.69) is 29.5 Å². The first kappa shape index (κ1) is 17.7. The Hall–Kier alpha value is -2.63. The lowest BCUT2D eigenvalue weighted by atomic mass is 10.2. The SMILES string of the molecule is CC(C)Cn1ccnc(Nc2ccc(NC(=O)C(C)C)cc2)c1=O.